The fourth-order valence-electron chi connectivity index (χ4n) is 8.14. The van der Waals surface area contributed by atoms with E-state index in [1.54, 1.807) is 0 Å². The van der Waals surface area contributed by atoms with Crippen molar-refractivity contribution in [1.82, 2.24) is 0 Å². The van der Waals surface area contributed by atoms with Gasteiger partial charge in [-0.25, -0.2) is 0 Å². The maximum absolute atomic E-state index is 6.01. The van der Waals surface area contributed by atoms with E-state index in [1.165, 1.54) is 22.3 Å². The third-order valence-corrected chi connectivity index (χ3v) is 11.9. The summed E-state index contributed by atoms with van der Waals surface area (Å²) in [5.41, 5.74) is 18.5. The van der Waals surface area contributed by atoms with Gasteiger partial charge < -0.3 is 28.7 Å². The van der Waals surface area contributed by atoms with Crippen LogP contribution < -0.4 is 19.3 Å². The smallest absolute Gasteiger partial charge is 0.119 e. The summed E-state index contributed by atoms with van der Waals surface area (Å²) in [5, 5.41) is 0. The van der Waals surface area contributed by atoms with Gasteiger partial charge in [-0.2, -0.15) is 0 Å². The molecule has 2 heterocycles. The summed E-state index contributed by atoms with van der Waals surface area (Å²) in [7, 11) is 0. The van der Waals surface area contributed by atoms with Gasteiger partial charge in [-0.05, 0) is 159 Å². The molecule has 2 saturated heterocycles. The summed E-state index contributed by atoms with van der Waals surface area (Å²) in [6.07, 6.45) is 9.14. The maximum atomic E-state index is 6.01. The minimum atomic E-state index is 0.221. The number of aryl methyl sites for hydroxylation is 6. The molecule has 0 aliphatic carbocycles. The highest BCUT2D eigenvalue weighted by Crippen LogP contribution is 2.41. The lowest BCUT2D eigenvalue weighted by Gasteiger charge is -2.29. The van der Waals surface area contributed by atoms with E-state index < -0.39 is 0 Å². The lowest BCUT2D eigenvalue weighted by Crippen LogP contribution is -2.13. The second kappa shape index (κ2) is 18.9. The fourth-order valence-corrected chi connectivity index (χ4v) is 8.14. The van der Waals surface area contributed by atoms with Crippen LogP contribution in [-0.2, 0) is 9.47 Å². The van der Waals surface area contributed by atoms with Crippen LogP contribution in [0.5, 0.6) is 11.5 Å². The molecule has 2 fully saturated rings. The van der Waals surface area contributed by atoms with Crippen molar-refractivity contribution in [3.63, 3.8) is 0 Å². The normalized spacial score (nSPS) is 15.4. The lowest BCUT2D eigenvalue weighted by atomic mass is 10.0. The Labute approximate surface area is 378 Å². The van der Waals surface area contributed by atoms with Gasteiger partial charge in [0.05, 0.1) is 13.2 Å². The standard InChI is InChI=1S/C58H56N2O4/c1-39-7-27-55(41(3)31-39)59(57-29-25-51(33-43(57)5)61-35-53-37-63-53)49-21-17-47(18-22-49)15-13-45-9-11-46(12-10-45)14-16-48-19-23-50(24-20-48)60(56-28-8-40(2)32-42(56)4)58-30-26-52(34-44(58)6)62-36-54-38-64-54/h7-34,53-54H,35-38H2,1-6H3/b15-13+,16-14+. The summed E-state index contributed by atoms with van der Waals surface area (Å²) in [5.74, 6) is 1.73. The predicted octanol–water partition coefficient (Wildman–Crippen LogP) is 14.4. The van der Waals surface area contributed by atoms with Crippen molar-refractivity contribution in [2.75, 3.05) is 36.2 Å². The van der Waals surface area contributed by atoms with Crippen LogP contribution in [0.2, 0.25) is 0 Å². The van der Waals surface area contributed by atoms with E-state index in [4.69, 9.17) is 18.9 Å². The summed E-state index contributed by atoms with van der Waals surface area (Å²) in [6.45, 7) is 15.7. The van der Waals surface area contributed by atoms with E-state index >= 15 is 0 Å². The molecular weight excluding hydrogens is 789 g/mol. The summed E-state index contributed by atoms with van der Waals surface area (Å²) in [4.78, 5) is 4.69. The van der Waals surface area contributed by atoms with Gasteiger partial charge in [0, 0.05) is 34.1 Å². The number of hydrogen-bond donors (Lipinski definition) is 0. The zero-order chi connectivity index (χ0) is 44.2. The molecule has 322 valence electrons. The van der Waals surface area contributed by atoms with Gasteiger partial charge in [-0.15, -0.1) is 0 Å². The second-order valence-electron chi connectivity index (χ2n) is 17.2. The Balaban J connectivity index is 0.877. The van der Waals surface area contributed by atoms with Gasteiger partial charge in [0.15, 0.2) is 0 Å². The van der Waals surface area contributed by atoms with E-state index in [2.05, 4.69) is 221 Å². The van der Waals surface area contributed by atoms with E-state index in [9.17, 15) is 0 Å². The summed E-state index contributed by atoms with van der Waals surface area (Å²) in [6, 6.07) is 52.2. The number of ether oxygens (including phenoxy) is 4. The van der Waals surface area contributed by atoms with E-state index in [0.717, 1.165) is 92.2 Å². The first-order chi connectivity index (χ1) is 31.1. The molecule has 0 bridgehead atoms. The molecule has 0 N–H and O–H groups in total. The first kappa shape index (κ1) is 42.4. The molecule has 6 heteroatoms. The Morgan fingerprint density at radius 3 is 1.00 bits per heavy atom. The molecule has 0 saturated carbocycles. The van der Waals surface area contributed by atoms with Crippen LogP contribution in [0, 0.1) is 41.5 Å². The molecular formula is C58H56N2O4. The SMILES string of the molecule is Cc1ccc(N(c2ccc(/C=C/c3ccc(/C=C/c4ccc(N(c5ccc(C)cc5C)c5ccc(OCC6CO6)cc5C)cc4)cc3)cc2)c2ccc(OCC3CO3)cc2C)c(C)c1. The summed E-state index contributed by atoms with van der Waals surface area (Å²) >= 11 is 0. The van der Waals surface area contributed by atoms with Crippen molar-refractivity contribution in [2.24, 2.45) is 0 Å². The summed E-state index contributed by atoms with van der Waals surface area (Å²) < 4.78 is 22.7. The Hall–Kier alpha value is -6.86. The van der Waals surface area contributed by atoms with Gasteiger partial charge in [0.2, 0.25) is 0 Å². The number of hydrogen-bond acceptors (Lipinski definition) is 6. The first-order valence-corrected chi connectivity index (χ1v) is 22.2. The molecule has 0 radical (unpaired) electrons. The van der Waals surface area contributed by atoms with Crippen molar-refractivity contribution in [3.05, 3.63) is 201 Å². The molecule has 2 aliphatic rings. The van der Waals surface area contributed by atoms with Crippen LogP contribution in [0.1, 0.15) is 55.6 Å². The average molecular weight is 845 g/mol. The van der Waals surface area contributed by atoms with Crippen molar-refractivity contribution < 1.29 is 18.9 Å². The van der Waals surface area contributed by atoms with Crippen LogP contribution in [0.4, 0.5) is 34.1 Å². The molecule has 0 aromatic heterocycles. The molecule has 9 rings (SSSR count). The van der Waals surface area contributed by atoms with Crippen molar-refractivity contribution in [1.29, 1.82) is 0 Å². The zero-order valence-corrected chi connectivity index (χ0v) is 37.7. The van der Waals surface area contributed by atoms with Gasteiger partial charge in [0.1, 0.15) is 36.9 Å². The van der Waals surface area contributed by atoms with Crippen molar-refractivity contribution in [3.8, 4) is 11.5 Å². The van der Waals surface area contributed by atoms with Crippen LogP contribution in [0.25, 0.3) is 24.3 Å². The molecule has 6 nitrogen and oxygen atoms in total. The largest absolute Gasteiger partial charge is 0.491 e. The topological polar surface area (TPSA) is 50.0 Å². The number of benzene rings is 7. The zero-order valence-electron chi connectivity index (χ0n) is 37.7. The van der Waals surface area contributed by atoms with E-state index in [1.807, 2.05) is 0 Å². The van der Waals surface area contributed by atoms with Gasteiger partial charge in [0.25, 0.3) is 0 Å². The van der Waals surface area contributed by atoms with E-state index in [0.29, 0.717) is 13.2 Å². The molecule has 0 spiro atoms. The lowest BCUT2D eigenvalue weighted by molar-refractivity contribution is 0.263. The Bertz CT molecular complexity index is 2610. The maximum Gasteiger partial charge on any atom is 0.119 e. The van der Waals surface area contributed by atoms with Gasteiger partial charge in [-0.3, -0.25) is 0 Å². The van der Waals surface area contributed by atoms with Gasteiger partial charge in [-0.1, -0.05) is 108 Å². The number of epoxide rings is 2. The minimum Gasteiger partial charge on any atom is -0.491 e. The highest BCUT2D eigenvalue weighted by atomic mass is 16.6. The molecule has 7 aromatic carbocycles. The molecule has 2 atom stereocenters. The average Bonchev–Trinajstić information content (AvgIpc) is 4.24. The van der Waals surface area contributed by atoms with Crippen molar-refractivity contribution >= 4 is 58.4 Å². The fraction of sp³-hybridized carbons (Fsp3) is 0.207. The van der Waals surface area contributed by atoms with E-state index in [-0.39, 0.29) is 12.2 Å². The number of nitrogens with zero attached hydrogens (tertiary/aromatic N) is 2. The van der Waals surface area contributed by atoms with Crippen LogP contribution in [-0.4, -0.2) is 38.6 Å². The highest BCUT2D eigenvalue weighted by molar-refractivity contribution is 5.83. The predicted molar refractivity (Wildman–Crippen MR) is 265 cm³/mol. The van der Waals surface area contributed by atoms with Crippen LogP contribution in [0.3, 0.4) is 0 Å². The van der Waals surface area contributed by atoms with Crippen LogP contribution in [0.15, 0.2) is 146 Å². The molecule has 64 heavy (non-hydrogen) atoms. The number of anilines is 6. The Morgan fingerprint density at radius 1 is 0.406 bits per heavy atom. The molecule has 0 amide bonds. The van der Waals surface area contributed by atoms with Crippen molar-refractivity contribution in [2.45, 2.75) is 53.8 Å². The Kier molecular flexibility index (Phi) is 12.5. The van der Waals surface area contributed by atoms with Gasteiger partial charge >= 0.3 is 0 Å². The molecule has 2 aliphatic heterocycles. The van der Waals surface area contributed by atoms with Crippen LogP contribution >= 0.6 is 0 Å². The molecule has 2 unspecified atom stereocenters. The first-order valence-electron chi connectivity index (χ1n) is 22.2. The third kappa shape index (κ3) is 10.3. The highest BCUT2D eigenvalue weighted by Gasteiger charge is 2.25. The third-order valence-electron chi connectivity index (χ3n) is 11.9. The second-order valence-corrected chi connectivity index (χ2v) is 17.2. The molecule has 7 aromatic rings. The minimum absolute atomic E-state index is 0.221. The Morgan fingerprint density at radius 2 is 0.703 bits per heavy atom. The monoisotopic (exact) mass is 844 g/mol. The number of rotatable bonds is 16. The quantitative estimate of drug-likeness (QED) is 0.0713.